The van der Waals surface area contributed by atoms with Gasteiger partial charge in [0.25, 0.3) is 0 Å². The molecular formula is C26H34N6O2S. The third-order valence-corrected chi connectivity index (χ3v) is 8.86. The Morgan fingerprint density at radius 3 is 2.69 bits per heavy atom. The molecular weight excluding hydrogens is 460 g/mol. The van der Waals surface area contributed by atoms with Gasteiger partial charge in [0, 0.05) is 38.4 Å². The Bertz CT molecular complexity index is 1210. The van der Waals surface area contributed by atoms with Gasteiger partial charge in [-0.15, -0.1) is 11.3 Å². The molecule has 3 aromatic heterocycles. The summed E-state index contributed by atoms with van der Waals surface area (Å²) in [4.78, 5) is 19.5. The van der Waals surface area contributed by atoms with Gasteiger partial charge >= 0.3 is 0 Å². The van der Waals surface area contributed by atoms with Crippen molar-refractivity contribution in [3.8, 4) is 10.6 Å². The van der Waals surface area contributed by atoms with Gasteiger partial charge < -0.3 is 20.5 Å². The van der Waals surface area contributed by atoms with Crippen molar-refractivity contribution in [1.29, 1.82) is 0 Å². The highest BCUT2D eigenvalue weighted by Crippen LogP contribution is 2.44. The van der Waals surface area contributed by atoms with E-state index in [1.807, 2.05) is 6.20 Å². The maximum absolute atomic E-state index is 9.63. The monoisotopic (exact) mass is 494 g/mol. The average Bonchev–Trinajstić information content (AvgIpc) is 3.42. The average molecular weight is 495 g/mol. The molecule has 3 fully saturated rings. The highest BCUT2D eigenvalue weighted by Gasteiger charge is 2.31. The van der Waals surface area contributed by atoms with Crippen LogP contribution in [0.15, 0.2) is 12.3 Å². The Kier molecular flexibility index (Phi) is 6.32. The summed E-state index contributed by atoms with van der Waals surface area (Å²) in [6.07, 6.45) is 9.90. The third kappa shape index (κ3) is 4.73. The van der Waals surface area contributed by atoms with E-state index in [0.29, 0.717) is 35.8 Å². The molecule has 0 aliphatic heterocycles. The lowest BCUT2D eigenvalue weighted by atomic mass is 9.82. The molecule has 0 spiro atoms. The van der Waals surface area contributed by atoms with Gasteiger partial charge in [-0.05, 0) is 69.8 Å². The topological polar surface area (TPSA) is 105 Å². The molecule has 9 heteroatoms. The Balaban J connectivity index is 1.31. The van der Waals surface area contributed by atoms with Crippen molar-refractivity contribution in [1.82, 2.24) is 19.9 Å². The molecule has 6 rings (SSSR count). The molecule has 3 heterocycles. The van der Waals surface area contributed by atoms with E-state index in [1.165, 1.54) is 17.5 Å². The lowest BCUT2D eigenvalue weighted by molar-refractivity contribution is 0.00559. The van der Waals surface area contributed by atoms with Crippen LogP contribution in [0.4, 0.5) is 11.8 Å². The van der Waals surface area contributed by atoms with Crippen LogP contribution >= 0.6 is 11.3 Å². The molecule has 3 aliphatic carbocycles. The van der Waals surface area contributed by atoms with Gasteiger partial charge in [-0.3, -0.25) is 4.98 Å². The first-order chi connectivity index (χ1) is 17.1. The smallest absolute Gasteiger partial charge is 0.224 e. The highest BCUT2D eigenvalue weighted by molar-refractivity contribution is 7.21. The Hall–Kier alpha value is -2.36. The number of nitrogens with zero attached hydrogens (tertiary/aromatic N) is 4. The van der Waals surface area contributed by atoms with E-state index in [9.17, 15) is 5.11 Å². The van der Waals surface area contributed by atoms with Gasteiger partial charge in [-0.2, -0.15) is 4.98 Å². The molecule has 35 heavy (non-hydrogen) atoms. The van der Waals surface area contributed by atoms with Gasteiger partial charge in [0.15, 0.2) is 0 Å². The number of methoxy groups -OCH3 is 1. The molecule has 0 bridgehead atoms. The number of hydrogen-bond acceptors (Lipinski definition) is 9. The van der Waals surface area contributed by atoms with Crippen molar-refractivity contribution in [2.75, 3.05) is 30.9 Å². The van der Waals surface area contributed by atoms with Crippen molar-refractivity contribution in [2.45, 2.75) is 69.9 Å². The molecule has 8 nitrogen and oxygen atoms in total. The van der Waals surface area contributed by atoms with E-state index < -0.39 is 0 Å². The molecule has 0 aromatic carbocycles. The number of rotatable bonds is 9. The van der Waals surface area contributed by atoms with E-state index in [0.717, 1.165) is 71.9 Å². The lowest BCUT2D eigenvalue weighted by Gasteiger charge is -2.34. The van der Waals surface area contributed by atoms with Gasteiger partial charge in [0.05, 0.1) is 27.8 Å². The number of nitrogens with one attached hydrogen (secondary N) is 2. The number of thiazole rings is 1. The summed E-state index contributed by atoms with van der Waals surface area (Å²) in [6, 6.07) is 2.36. The van der Waals surface area contributed by atoms with Crippen LogP contribution in [0.2, 0.25) is 0 Å². The summed E-state index contributed by atoms with van der Waals surface area (Å²) < 4.78 is 6.59. The fourth-order valence-electron chi connectivity index (χ4n) is 5.48. The second-order valence-electron chi connectivity index (χ2n) is 10.5. The van der Waals surface area contributed by atoms with E-state index in [-0.39, 0.29) is 6.61 Å². The van der Waals surface area contributed by atoms with Crippen molar-refractivity contribution in [3.05, 3.63) is 23.7 Å². The summed E-state index contributed by atoms with van der Waals surface area (Å²) in [6.45, 7) is 3.15. The van der Waals surface area contributed by atoms with E-state index in [4.69, 9.17) is 19.7 Å². The van der Waals surface area contributed by atoms with Crippen LogP contribution in [0.25, 0.3) is 20.8 Å². The minimum atomic E-state index is 0.249. The van der Waals surface area contributed by atoms with Crippen LogP contribution in [0, 0.1) is 18.8 Å². The standard InChI is InChI=1S/C26H34N6O2S/c1-14-21(25-31-23-20(35-25)7-8-27-22(23)17-4-5-17)24(30-18-6-3-15(9-18)13-33)32-26(29-14)28-12-16-10-19(11-16)34-2/h7-8,15-19,33H,3-6,9-13H2,1-2H3,(H2,28,29,30,32)/t15-,16-,18+,19+/m1/s1. The van der Waals surface area contributed by atoms with Crippen LogP contribution in [0.1, 0.15) is 62.3 Å². The summed E-state index contributed by atoms with van der Waals surface area (Å²) in [7, 11) is 1.79. The molecule has 0 unspecified atom stereocenters. The minimum absolute atomic E-state index is 0.249. The molecule has 3 saturated carbocycles. The molecule has 0 saturated heterocycles. The van der Waals surface area contributed by atoms with Crippen LogP contribution in [-0.2, 0) is 4.74 Å². The molecule has 3 N–H and O–H groups in total. The molecule has 0 amide bonds. The maximum atomic E-state index is 9.63. The number of ether oxygens (including phenoxy) is 1. The summed E-state index contributed by atoms with van der Waals surface area (Å²) in [5, 5.41) is 17.8. The van der Waals surface area contributed by atoms with Crippen molar-refractivity contribution in [2.24, 2.45) is 11.8 Å². The van der Waals surface area contributed by atoms with Crippen LogP contribution < -0.4 is 10.6 Å². The SMILES string of the molecule is CO[C@H]1C[C@@H](CNc2nc(C)c(-c3nc4c(C5CC5)nccc4s3)c(N[C@H]3CC[C@@H](CO)C3)n2)C1. The van der Waals surface area contributed by atoms with Crippen molar-refractivity contribution in [3.63, 3.8) is 0 Å². The van der Waals surface area contributed by atoms with Crippen LogP contribution in [0.5, 0.6) is 0 Å². The predicted octanol–water partition coefficient (Wildman–Crippen LogP) is 4.74. The van der Waals surface area contributed by atoms with Gasteiger partial charge in [0.1, 0.15) is 16.3 Å². The summed E-state index contributed by atoms with van der Waals surface area (Å²) >= 11 is 1.70. The molecule has 0 radical (unpaired) electrons. The largest absolute Gasteiger partial charge is 0.396 e. The summed E-state index contributed by atoms with van der Waals surface area (Å²) in [5.74, 6) is 3.00. The number of aliphatic hydroxyl groups excluding tert-OH is 1. The van der Waals surface area contributed by atoms with E-state index in [1.54, 1.807) is 18.4 Å². The first-order valence-electron chi connectivity index (χ1n) is 12.9. The molecule has 3 aliphatic rings. The van der Waals surface area contributed by atoms with Crippen molar-refractivity contribution < 1.29 is 9.84 Å². The Morgan fingerprint density at radius 1 is 1.09 bits per heavy atom. The third-order valence-electron chi connectivity index (χ3n) is 7.82. The zero-order valence-electron chi connectivity index (χ0n) is 20.5. The van der Waals surface area contributed by atoms with Crippen molar-refractivity contribution >= 4 is 33.3 Å². The number of fused-ring (bicyclic) bond motifs is 1. The highest BCUT2D eigenvalue weighted by atomic mass is 32.1. The van der Waals surface area contributed by atoms with Gasteiger partial charge in [-0.25, -0.2) is 9.97 Å². The second-order valence-corrected chi connectivity index (χ2v) is 11.5. The first-order valence-corrected chi connectivity index (χ1v) is 13.7. The zero-order valence-corrected chi connectivity index (χ0v) is 21.3. The fourth-order valence-corrected chi connectivity index (χ4v) is 6.55. The zero-order chi connectivity index (χ0) is 23.9. The number of aryl methyl sites for hydroxylation is 1. The maximum Gasteiger partial charge on any atom is 0.224 e. The fraction of sp³-hybridized carbons (Fsp3) is 0.615. The summed E-state index contributed by atoms with van der Waals surface area (Å²) in [5.41, 5.74) is 4.06. The Morgan fingerprint density at radius 2 is 1.94 bits per heavy atom. The van der Waals surface area contributed by atoms with Gasteiger partial charge in [-0.1, -0.05) is 0 Å². The number of aliphatic hydroxyl groups is 1. The van der Waals surface area contributed by atoms with E-state index in [2.05, 4.69) is 28.6 Å². The Labute approximate surface area is 210 Å². The van der Waals surface area contributed by atoms with E-state index >= 15 is 0 Å². The molecule has 3 aromatic rings. The minimum Gasteiger partial charge on any atom is -0.396 e. The number of hydrogen-bond donors (Lipinski definition) is 3. The number of anilines is 2. The van der Waals surface area contributed by atoms with Crippen LogP contribution in [0.3, 0.4) is 0 Å². The molecule has 2 atom stereocenters. The lowest BCUT2D eigenvalue weighted by Crippen LogP contribution is -2.35. The normalized spacial score (nSPS) is 26.1. The second kappa shape index (κ2) is 9.59. The van der Waals surface area contributed by atoms with Crippen LogP contribution in [-0.4, -0.2) is 57.4 Å². The van der Waals surface area contributed by atoms with Gasteiger partial charge in [0.2, 0.25) is 5.95 Å². The quantitative estimate of drug-likeness (QED) is 0.392. The number of aromatic nitrogens is 4. The number of pyridine rings is 1. The first kappa shape index (κ1) is 23.1. The predicted molar refractivity (Wildman–Crippen MR) is 139 cm³/mol. The molecule has 186 valence electrons.